The van der Waals surface area contributed by atoms with Gasteiger partial charge in [-0.15, -0.1) is 12.4 Å². The lowest BCUT2D eigenvalue weighted by Gasteiger charge is -2.36. The Bertz CT molecular complexity index is 401. The first-order valence-corrected chi connectivity index (χ1v) is 7.91. The molecule has 0 aliphatic carbocycles. The highest BCUT2D eigenvalue weighted by molar-refractivity contribution is 6.30. The number of likely N-dealkylation sites (tertiary alicyclic amines) is 1. The van der Waals surface area contributed by atoms with Crippen molar-refractivity contribution < 1.29 is 0 Å². The smallest absolute Gasteiger partial charge is 0.0406 e. The van der Waals surface area contributed by atoms with Gasteiger partial charge in [0.15, 0.2) is 0 Å². The van der Waals surface area contributed by atoms with Gasteiger partial charge < -0.3 is 5.32 Å². The summed E-state index contributed by atoms with van der Waals surface area (Å²) in [5.74, 6) is 0. The van der Waals surface area contributed by atoms with Crippen LogP contribution in [0.15, 0.2) is 24.3 Å². The molecule has 2 saturated heterocycles. The van der Waals surface area contributed by atoms with E-state index in [0.29, 0.717) is 0 Å². The van der Waals surface area contributed by atoms with E-state index in [0.717, 1.165) is 17.1 Å². The summed E-state index contributed by atoms with van der Waals surface area (Å²) < 4.78 is 0. The second-order valence-electron chi connectivity index (χ2n) is 5.85. The van der Waals surface area contributed by atoms with Gasteiger partial charge in [-0.05, 0) is 69.4 Å². The van der Waals surface area contributed by atoms with Gasteiger partial charge >= 0.3 is 0 Å². The molecule has 2 aliphatic heterocycles. The summed E-state index contributed by atoms with van der Waals surface area (Å²) in [6, 6.07) is 9.94. The fraction of sp³-hybridized carbons (Fsp3) is 0.625. The molecule has 0 amide bonds. The van der Waals surface area contributed by atoms with Crippen LogP contribution in [0.1, 0.15) is 31.2 Å². The lowest BCUT2D eigenvalue weighted by atomic mass is 10.00. The molecule has 2 fully saturated rings. The van der Waals surface area contributed by atoms with Gasteiger partial charge in [-0.1, -0.05) is 23.7 Å². The largest absolute Gasteiger partial charge is 0.317 e. The molecule has 3 rings (SSSR count). The molecule has 112 valence electrons. The van der Waals surface area contributed by atoms with Crippen molar-refractivity contribution >= 4 is 24.0 Å². The molecule has 0 saturated carbocycles. The van der Waals surface area contributed by atoms with Crippen molar-refractivity contribution in [2.45, 2.75) is 44.2 Å². The molecule has 1 atom stereocenters. The number of rotatable bonds is 3. The summed E-state index contributed by atoms with van der Waals surface area (Å²) in [6.45, 7) is 3.67. The number of nitrogens with zero attached hydrogens (tertiary/aromatic N) is 1. The molecule has 0 unspecified atom stereocenters. The van der Waals surface area contributed by atoms with Gasteiger partial charge in [0.2, 0.25) is 0 Å². The summed E-state index contributed by atoms with van der Waals surface area (Å²) in [6.07, 6.45) is 6.53. The molecule has 0 spiro atoms. The Labute approximate surface area is 133 Å². The van der Waals surface area contributed by atoms with Crippen LogP contribution < -0.4 is 5.32 Å². The van der Waals surface area contributed by atoms with E-state index in [4.69, 9.17) is 11.6 Å². The van der Waals surface area contributed by atoms with Gasteiger partial charge in [-0.2, -0.15) is 0 Å². The molecule has 0 aromatic heterocycles. The van der Waals surface area contributed by atoms with Crippen LogP contribution in [0.2, 0.25) is 5.02 Å². The van der Waals surface area contributed by atoms with Crippen LogP contribution in [0, 0.1) is 0 Å². The number of nitrogens with one attached hydrogen (secondary N) is 1. The van der Waals surface area contributed by atoms with Gasteiger partial charge in [0.05, 0.1) is 0 Å². The maximum atomic E-state index is 5.96. The maximum Gasteiger partial charge on any atom is 0.0406 e. The third-order valence-corrected chi connectivity index (χ3v) is 4.84. The van der Waals surface area contributed by atoms with Crippen LogP contribution in [-0.2, 0) is 6.42 Å². The first kappa shape index (κ1) is 16.1. The first-order chi connectivity index (χ1) is 9.33. The maximum absolute atomic E-state index is 5.96. The van der Waals surface area contributed by atoms with E-state index in [1.807, 2.05) is 12.1 Å². The molecule has 20 heavy (non-hydrogen) atoms. The molecule has 2 nitrogen and oxygen atoms in total. The Kier molecular flexibility index (Phi) is 6.16. The third-order valence-electron chi connectivity index (χ3n) is 4.58. The van der Waals surface area contributed by atoms with E-state index in [9.17, 15) is 0 Å². The van der Waals surface area contributed by atoms with E-state index in [1.165, 1.54) is 57.3 Å². The van der Waals surface area contributed by atoms with Crippen molar-refractivity contribution in [1.29, 1.82) is 0 Å². The Morgan fingerprint density at radius 2 is 1.80 bits per heavy atom. The SMILES string of the molecule is Cl.Clc1ccc(C[C@H]2CCCN2C2CCNCC2)cc1. The highest BCUT2D eigenvalue weighted by Crippen LogP contribution is 2.27. The van der Waals surface area contributed by atoms with E-state index in [-0.39, 0.29) is 12.4 Å². The zero-order chi connectivity index (χ0) is 13.1. The van der Waals surface area contributed by atoms with E-state index >= 15 is 0 Å². The van der Waals surface area contributed by atoms with Crippen LogP contribution >= 0.6 is 24.0 Å². The minimum Gasteiger partial charge on any atom is -0.317 e. The second kappa shape index (κ2) is 7.65. The van der Waals surface area contributed by atoms with E-state index in [2.05, 4.69) is 22.3 Å². The number of piperidine rings is 1. The van der Waals surface area contributed by atoms with Crippen LogP contribution in [0.25, 0.3) is 0 Å². The van der Waals surface area contributed by atoms with Crippen molar-refractivity contribution in [1.82, 2.24) is 10.2 Å². The number of hydrogen-bond acceptors (Lipinski definition) is 2. The minimum absolute atomic E-state index is 0. The number of benzene rings is 1. The molecular formula is C16H24Cl2N2. The molecule has 1 N–H and O–H groups in total. The quantitative estimate of drug-likeness (QED) is 0.918. The van der Waals surface area contributed by atoms with Crippen molar-refractivity contribution in [2.24, 2.45) is 0 Å². The van der Waals surface area contributed by atoms with Crippen molar-refractivity contribution in [3.05, 3.63) is 34.9 Å². The normalized spacial score (nSPS) is 24.6. The van der Waals surface area contributed by atoms with E-state index in [1.54, 1.807) is 0 Å². The number of hydrogen-bond donors (Lipinski definition) is 1. The summed E-state index contributed by atoms with van der Waals surface area (Å²) in [5, 5.41) is 4.31. The Morgan fingerprint density at radius 3 is 2.50 bits per heavy atom. The fourth-order valence-electron chi connectivity index (χ4n) is 3.59. The summed E-state index contributed by atoms with van der Waals surface area (Å²) in [4.78, 5) is 2.77. The molecule has 0 radical (unpaired) electrons. The Balaban J connectivity index is 0.00000147. The van der Waals surface area contributed by atoms with Gasteiger partial charge in [0.1, 0.15) is 0 Å². The van der Waals surface area contributed by atoms with Gasteiger partial charge in [-0.3, -0.25) is 4.90 Å². The first-order valence-electron chi connectivity index (χ1n) is 7.54. The monoisotopic (exact) mass is 314 g/mol. The van der Waals surface area contributed by atoms with Crippen molar-refractivity contribution in [3.8, 4) is 0 Å². The average molecular weight is 315 g/mol. The minimum atomic E-state index is 0. The predicted octanol–water partition coefficient (Wildman–Crippen LogP) is 3.52. The topological polar surface area (TPSA) is 15.3 Å². The van der Waals surface area contributed by atoms with Crippen LogP contribution in [0.4, 0.5) is 0 Å². The summed E-state index contributed by atoms with van der Waals surface area (Å²) in [5.41, 5.74) is 1.43. The fourth-order valence-corrected chi connectivity index (χ4v) is 3.71. The third kappa shape index (κ3) is 3.88. The molecule has 2 aliphatic rings. The molecule has 4 heteroatoms. The van der Waals surface area contributed by atoms with Gasteiger partial charge in [-0.25, -0.2) is 0 Å². The second-order valence-corrected chi connectivity index (χ2v) is 6.28. The Morgan fingerprint density at radius 1 is 1.10 bits per heavy atom. The van der Waals surface area contributed by atoms with E-state index < -0.39 is 0 Å². The van der Waals surface area contributed by atoms with Crippen LogP contribution in [-0.4, -0.2) is 36.6 Å². The lowest BCUT2D eigenvalue weighted by Crippen LogP contribution is -2.45. The molecule has 2 heterocycles. The Hall–Kier alpha value is -0.280. The molecule has 1 aromatic carbocycles. The van der Waals surface area contributed by atoms with Crippen molar-refractivity contribution in [3.63, 3.8) is 0 Å². The zero-order valence-electron chi connectivity index (χ0n) is 11.9. The summed E-state index contributed by atoms with van der Waals surface area (Å²) in [7, 11) is 0. The van der Waals surface area contributed by atoms with Gasteiger partial charge in [0, 0.05) is 17.1 Å². The lowest BCUT2D eigenvalue weighted by molar-refractivity contribution is 0.147. The summed E-state index contributed by atoms with van der Waals surface area (Å²) >= 11 is 5.96. The highest BCUT2D eigenvalue weighted by Gasteiger charge is 2.31. The molecule has 1 aromatic rings. The number of halogens is 2. The standard InChI is InChI=1S/C16H23ClN2.ClH/c17-14-5-3-13(4-6-14)12-16-2-1-11-19(16)15-7-9-18-10-8-15;/h3-6,15-16,18H,1-2,7-12H2;1H/t16-;/m1./s1. The molecule has 0 bridgehead atoms. The molecular weight excluding hydrogens is 291 g/mol. The zero-order valence-corrected chi connectivity index (χ0v) is 13.4. The van der Waals surface area contributed by atoms with Crippen molar-refractivity contribution in [2.75, 3.05) is 19.6 Å². The predicted molar refractivity (Wildman–Crippen MR) is 88.0 cm³/mol. The van der Waals surface area contributed by atoms with Crippen LogP contribution in [0.3, 0.4) is 0 Å². The highest BCUT2D eigenvalue weighted by atomic mass is 35.5. The average Bonchev–Trinajstić information content (AvgIpc) is 2.90. The van der Waals surface area contributed by atoms with Gasteiger partial charge in [0.25, 0.3) is 0 Å². The van der Waals surface area contributed by atoms with Crippen LogP contribution in [0.5, 0.6) is 0 Å².